The molecule has 0 unspecified atom stereocenters. The molecule has 0 radical (unpaired) electrons. The monoisotopic (exact) mass is 401 g/mol. The maximum absolute atomic E-state index is 13.8. The van der Waals surface area contributed by atoms with Crippen LogP contribution >= 0.6 is 24.0 Å². The van der Waals surface area contributed by atoms with E-state index in [-0.39, 0.29) is 24.8 Å². The highest BCUT2D eigenvalue weighted by Gasteiger charge is 2.11. The third-order valence-electron chi connectivity index (χ3n) is 3.89. The number of methoxy groups -OCH3 is 1. The van der Waals surface area contributed by atoms with Gasteiger partial charge in [0.2, 0.25) is 0 Å². The quantitative estimate of drug-likeness (QED) is 0.552. The van der Waals surface area contributed by atoms with E-state index in [1.165, 1.54) is 6.07 Å². The maximum Gasteiger partial charge on any atom is 0.161 e. The van der Waals surface area contributed by atoms with Crippen LogP contribution in [0, 0.1) is 11.7 Å². The summed E-state index contributed by atoms with van der Waals surface area (Å²) < 4.78 is 24.9. The van der Waals surface area contributed by atoms with Crippen LogP contribution in [0.2, 0.25) is 5.02 Å². The zero-order valence-electron chi connectivity index (χ0n) is 15.4. The molecular formula is C20H26Cl2FNO2. The molecule has 0 aliphatic heterocycles. The van der Waals surface area contributed by atoms with Gasteiger partial charge in [0, 0.05) is 12.1 Å². The second kappa shape index (κ2) is 11.3. The number of hydrogen-bond acceptors (Lipinski definition) is 3. The molecule has 2 rings (SSSR count). The minimum Gasteiger partial charge on any atom is -0.493 e. The fourth-order valence-corrected chi connectivity index (χ4v) is 2.60. The molecule has 0 saturated carbocycles. The second-order valence-corrected chi connectivity index (χ2v) is 6.74. The number of benzene rings is 2. The molecule has 144 valence electrons. The van der Waals surface area contributed by atoms with Crippen molar-refractivity contribution in [1.82, 2.24) is 5.32 Å². The Morgan fingerprint density at radius 1 is 1.15 bits per heavy atom. The Labute approximate surface area is 166 Å². The Bertz CT molecular complexity index is 675. The summed E-state index contributed by atoms with van der Waals surface area (Å²) in [6, 6.07) is 10.3. The van der Waals surface area contributed by atoms with Gasteiger partial charge >= 0.3 is 0 Å². The largest absolute Gasteiger partial charge is 0.493 e. The van der Waals surface area contributed by atoms with Crippen molar-refractivity contribution in [3.63, 3.8) is 0 Å². The Morgan fingerprint density at radius 3 is 2.58 bits per heavy atom. The van der Waals surface area contributed by atoms with Crippen molar-refractivity contribution in [3.8, 4) is 11.5 Å². The summed E-state index contributed by atoms with van der Waals surface area (Å²) >= 11 is 6.03. The van der Waals surface area contributed by atoms with E-state index in [4.69, 9.17) is 21.1 Å². The van der Waals surface area contributed by atoms with Crippen molar-refractivity contribution in [2.75, 3.05) is 13.7 Å². The predicted molar refractivity (Wildman–Crippen MR) is 107 cm³/mol. The van der Waals surface area contributed by atoms with Gasteiger partial charge in [-0.1, -0.05) is 37.6 Å². The number of rotatable bonds is 9. The highest BCUT2D eigenvalue weighted by Crippen LogP contribution is 2.30. The smallest absolute Gasteiger partial charge is 0.161 e. The van der Waals surface area contributed by atoms with Gasteiger partial charge in [0.15, 0.2) is 11.5 Å². The lowest BCUT2D eigenvalue weighted by atomic mass is 10.1. The van der Waals surface area contributed by atoms with E-state index in [0.717, 1.165) is 25.1 Å². The van der Waals surface area contributed by atoms with E-state index < -0.39 is 0 Å². The van der Waals surface area contributed by atoms with Crippen LogP contribution in [0.15, 0.2) is 36.4 Å². The fourth-order valence-electron chi connectivity index (χ4n) is 2.38. The van der Waals surface area contributed by atoms with Crippen molar-refractivity contribution in [3.05, 3.63) is 58.4 Å². The fraction of sp³-hybridized carbons (Fsp3) is 0.400. The molecule has 0 aliphatic rings. The molecule has 26 heavy (non-hydrogen) atoms. The van der Waals surface area contributed by atoms with Crippen LogP contribution in [0.25, 0.3) is 0 Å². The zero-order valence-corrected chi connectivity index (χ0v) is 16.9. The molecule has 2 aromatic carbocycles. The third-order valence-corrected chi connectivity index (χ3v) is 4.24. The second-order valence-electron chi connectivity index (χ2n) is 6.33. The van der Waals surface area contributed by atoms with Gasteiger partial charge in [-0.05, 0) is 48.7 Å². The molecular weight excluding hydrogens is 376 g/mol. The van der Waals surface area contributed by atoms with E-state index in [9.17, 15) is 4.39 Å². The third kappa shape index (κ3) is 6.67. The topological polar surface area (TPSA) is 30.5 Å². The Balaban J connectivity index is 0.00000338. The summed E-state index contributed by atoms with van der Waals surface area (Å²) in [6.07, 6.45) is 1.14. The number of hydrogen-bond donors (Lipinski definition) is 1. The van der Waals surface area contributed by atoms with E-state index in [1.54, 1.807) is 19.2 Å². The van der Waals surface area contributed by atoms with Crippen LogP contribution in [0.4, 0.5) is 4.39 Å². The van der Waals surface area contributed by atoms with E-state index in [2.05, 4.69) is 19.2 Å². The molecule has 2 aromatic rings. The first kappa shape index (κ1) is 22.6. The van der Waals surface area contributed by atoms with Gasteiger partial charge in [-0.15, -0.1) is 12.4 Å². The summed E-state index contributed by atoms with van der Waals surface area (Å²) in [5.74, 6) is 1.49. The van der Waals surface area contributed by atoms with Crippen molar-refractivity contribution in [2.24, 2.45) is 5.92 Å². The van der Waals surface area contributed by atoms with Gasteiger partial charge in [0.1, 0.15) is 12.4 Å². The van der Waals surface area contributed by atoms with E-state index in [0.29, 0.717) is 28.0 Å². The van der Waals surface area contributed by atoms with Gasteiger partial charge in [0.25, 0.3) is 0 Å². The van der Waals surface area contributed by atoms with Gasteiger partial charge in [-0.25, -0.2) is 4.39 Å². The number of ether oxygens (including phenoxy) is 2. The standard InChI is InChI=1S/C20H25ClFNO2.ClH/c1-14(2)9-10-23-12-15-7-8-19(20(11-15)24-3)25-13-16-17(21)5-4-6-18(16)22;/h4-8,11,14,23H,9-10,12-13H2,1-3H3;1H. The highest BCUT2D eigenvalue weighted by molar-refractivity contribution is 6.31. The van der Waals surface area contributed by atoms with Gasteiger partial charge in [-0.2, -0.15) is 0 Å². The molecule has 0 aliphatic carbocycles. The van der Waals surface area contributed by atoms with E-state index >= 15 is 0 Å². The summed E-state index contributed by atoms with van der Waals surface area (Å²) in [5, 5.41) is 3.76. The lowest BCUT2D eigenvalue weighted by Crippen LogP contribution is -2.16. The minimum absolute atomic E-state index is 0. The molecule has 0 amide bonds. The molecule has 0 aromatic heterocycles. The van der Waals surface area contributed by atoms with Crippen molar-refractivity contribution in [2.45, 2.75) is 33.4 Å². The average Bonchev–Trinajstić information content (AvgIpc) is 2.58. The molecule has 0 heterocycles. The summed E-state index contributed by atoms with van der Waals surface area (Å²) in [6.45, 7) is 6.21. The Hall–Kier alpha value is -1.49. The molecule has 6 heteroatoms. The van der Waals surface area contributed by atoms with Gasteiger partial charge in [0.05, 0.1) is 12.1 Å². The Morgan fingerprint density at radius 2 is 1.92 bits per heavy atom. The Kier molecular flexibility index (Phi) is 9.78. The van der Waals surface area contributed by atoms with Crippen LogP contribution < -0.4 is 14.8 Å². The predicted octanol–water partition coefficient (Wildman–Crippen LogP) is 5.62. The van der Waals surface area contributed by atoms with Crippen LogP contribution in [0.3, 0.4) is 0 Å². The molecule has 0 bridgehead atoms. The normalized spacial score (nSPS) is 10.5. The number of halogens is 3. The summed E-state index contributed by atoms with van der Waals surface area (Å²) in [7, 11) is 1.59. The van der Waals surface area contributed by atoms with Gasteiger partial charge < -0.3 is 14.8 Å². The molecule has 0 spiro atoms. The lowest BCUT2D eigenvalue weighted by Gasteiger charge is -2.14. The molecule has 1 N–H and O–H groups in total. The molecule has 0 saturated heterocycles. The van der Waals surface area contributed by atoms with Crippen LogP contribution in [0.5, 0.6) is 11.5 Å². The molecule has 0 fully saturated rings. The van der Waals surface area contributed by atoms with Crippen LogP contribution in [0.1, 0.15) is 31.4 Å². The number of nitrogens with one attached hydrogen (secondary N) is 1. The molecule has 3 nitrogen and oxygen atoms in total. The molecule has 0 atom stereocenters. The minimum atomic E-state index is -0.377. The maximum atomic E-state index is 13.8. The summed E-state index contributed by atoms with van der Waals surface area (Å²) in [4.78, 5) is 0. The van der Waals surface area contributed by atoms with Crippen LogP contribution in [-0.2, 0) is 13.2 Å². The summed E-state index contributed by atoms with van der Waals surface area (Å²) in [5.41, 5.74) is 1.45. The van der Waals surface area contributed by atoms with Crippen molar-refractivity contribution in [1.29, 1.82) is 0 Å². The van der Waals surface area contributed by atoms with Gasteiger partial charge in [-0.3, -0.25) is 0 Å². The van der Waals surface area contributed by atoms with E-state index in [1.807, 2.05) is 18.2 Å². The van der Waals surface area contributed by atoms with Crippen molar-refractivity contribution < 1.29 is 13.9 Å². The first-order chi connectivity index (χ1) is 12.0. The van der Waals surface area contributed by atoms with Crippen molar-refractivity contribution >= 4 is 24.0 Å². The first-order valence-electron chi connectivity index (χ1n) is 8.44. The first-order valence-corrected chi connectivity index (χ1v) is 8.82. The highest BCUT2D eigenvalue weighted by atomic mass is 35.5. The van der Waals surface area contributed by atoms with Crippen LogP contribution in [-0.4, -0.2) is 13.7 Å². The SMILES string of the molecule is COc1cc(CNCCC(C)C)ccc1OCc1c(F)cccc1Cl.Cl. The lowest BCUT2D eigenvalue weighted by molar-refractivity contribution is 0.279. The average molecular weight is 402 g/mol. The zero-order chi connectivity index (χ0) is 18.2.